The molecule has 1 aliphatic carbocycles. The molecule has 1 heterocycles. The van der Waals surface area contributed by atoms with E-state index in [0.29, 0.717) is 17.2 Å². The number of amides is 1. The van der Waals surface area contributed by atoms with Crippen LogP contribution in [0.4, 0.5) is 0 Å². The van der Waals surface area contributed by atoms with Gasteiger partial charge in [0, 0.05) is 12.5 Å². The van der Waals surface area contributed by atoms with E-state index < -0.39 is 0 Å². The summed E-state index contributed by atoms with van der Waals surface area (Å²) >= 11 is 0. The first-order valence-electron chi connectivity index (χ1n) is 7.83. The van der Waals surface area contributed by atoms with Gasteiger partial charge in [-0.25, -0.2) is 0 Å². The number of carbonyl (C=O) groups excluding carboxylic acids is 1. The van der Waals surface area contributed by atoms with Crippen molar-refractivity contribution < 1.29 is 4.79 Å². The largest absolute Gasteiger partial charge is 0.356 e. The molecule has 0 aromatic heterocycles. The number of benzene rings is 1. The van der Waals surface area contributed by atoms with Crippen LogP contribution in [0.3, 0.4) is 0 Å². The molecule has 1 atom stereocenters. The van der Waals surface area contributed by atoms with Crippen molar-refractivity contribution in [3.8, 4) is 0 Å². The van der Waals surface area contributed by atoms with Crippen molar-refractivity contribution >= 4 is 5.91 Å². The second kappa shape index (κ2) is 5.96. The zero-order valence-corrected chi connectivity index (χ0v) is 12.0. The van der Waals surface area contributed by atoms with E-state index in [4.69, 9.17) is 0 Å². The van der Waals surface area contributed by atoms with E-state index in [1.807, 2.05) is 6.07 Å². The Hall–Kier alpha value is -1.35. The van der Waals surface area contributed by atoms with Crippen LogP contribution in [0.5, 0.6) is 0 Å². The van der Waals surface area contributed by atoms with E-state index >= 15 is 0 Å². The third kappa shape index (κ3) is 3.04. The maximum Gasteiger partial charge on any atom is 0.223 e. The van der Waals surface area contributed by atoms with Crippen molar-refractivity contribution in [2.24, 2.45) is 11.3 Å². The van der Waals surface area contributed by atoms with E-state index in [2.05, 4.69) is 34.9 Å². The topological polar surface area (TPSA) is 41.1 Å². The van der Waals surface area contributed by atoms with Gasteiger partial charge in [0.1, 0.15) is 0 Å². The van der Waals surface area contributed by atoms with Crippen LogP contribution in [0, 0.1) is 11.3 Å². The molecule has 3 heteroatoms. The van der Waals surface area contributed by atoms with Gasteiger partial charge in [-0.3, -0.25) is 4.79 Å². The molecule has 1 saturated carbocycles. The molecule has 2 aliphatic rings. The molecule has 1 unspecified atom stereocenters. The van der Waals surface area contributed by atoms with Gasteiger partial charge in [0.05, 0.1) is 0 Å². The minimum atomic E-state index is 0.292. The SMILES string of the molecule is O=C(NCCCc1ccccc1)C1CC12CCNCC2. The van der Waals surface area contributed by atoms with Crippen molar-refractivity contribution in [3.05, 3.63) is 35.9 Å². The van der Waals surface area contributed by atoms with E-state index in [-0.39, 0.29) is 0 Å². The van der Waals surface area contributed by atoms with Gasteiger partial charge >= 0.3 is 0 Å². The van der Waals surface area contributed by atoms with Crippen molar-refractivity contribution in [1.82, 2.24) is 10.6 Å². The predicted octanol–water partition coefficient (Wildman–Crippen LogP) is 2.13. The number of hydrogen-bond donors (Lipinski definition) is 2. The van der Waals surface area contributed by atoms with Crippen LogP contribution < -0.4 is 10.6 Å². The summed E-state index contributed by atoms with van der Waals surface area (Å²) in [4.78, 5) is 12.2. The first kappa shape index (κ1) is 13.6. The van der Waals surface area contributed by atoms with Gasteiger partial charge < -0.3 is 10.6 Å². The van der Waals surface area contributed by atoms with Gasteiger partial charge in [0.2, 0.25) is 5.91 Å². The first-order chi connectivity index (χ1) is 9.80. The quantitative estimate of drug-likeness (QED) is 0.806. The fraction of sp³-hybridized carbons (Fsp3) is 0.588. The average molecular weight is 272 g/mol. The predicted molar refractivity (Wildman–Crippen MR) is 80.4 cm³/mol. The molecule has 1 aliphatic heterocycles. The molecule has 1 saturated heterocycles. The Bertz CT molecular complexity index is 451. The van der Waals surface area contributed by atoms with Crippen LogP contribution >= 0.6 is 0 Å². The Balaban J connectivity index is 1.36. The first-order valence-corrected chi connectivity index (χ1v) is 7.83. The molecular formula is C17H24N2O. The molecule has 2 N–H and O–H groups in total. The highest BCUT2D eigenvalue weighted by molar-refractivity contribution is 5.82. The van der Waals surface area contributed by atoms with E-state index in [9.17, 15) is 4.79 Å². The lowest BCUT2D eigenvalue weighted by Crippen LogP contribution is -2.34. The zero-order valence-electron chi connectivity index (χ0n) is 12.0. The van der Waals surface area contributed by atoms with Crippen molar-refractivity contribution in [1.29, 1.82) is 0 Å². The summed E-state index contributed by atoms with van der Waals surface area (Å²) in [6, 6.07) is 10.5. The number of carbonyl (C=O) groups is 1. The zero-order chi connectivity index (χ0) is 13.8. The molecule has 1 aromatic rings. The van der Waals surface area contributed by atoms with E-state index in [0.717, 1.165) is 38.9 Å². The molecule has 108 valence electrons. The van der Waals surface area contributed by atoms with Crippen LogP contribution in [-0.2, 0) is 11.2 Å². The van der Waals surface area contributed by atoms with Gasteiger partial charge in [0.15, 0.2) is 0 Å². The van der Waals surface area contributed by atoms with Gasteiger partial charge in [-0.05, 0) is 56.2 Å². The summed E-state index contributed by atoms with van der Waals surface area (Å²) in [5, 5.41) is 6.51. The minimum absolute atomic E-state index is 0.292. The summed E-state index contributed by atoms with van der Waals surface area (Å²) in [5.74, 6) is 0.585. The van der Waals surface area contributed by atoms with Gasteiger partial charge in [0.25, 0.3) is 0 Å². The third-order valence-corrected chi connectivity index (χ3v) is 4.89. The molecule has 3 nitrogen and oxygen atoms in total. The van der Waals surface area contributed by atoms with E-state index in [1.54, 1.807) is 0 Å². The Labute approximate surface area is 121 Å². The van der Waals surface area contributed by atoms with Crippen LogP contribution in [0.25, 0.3) is 0 Å². The number of aryl methyl sites for hydroxylation is 1. The molecule has 1 spiro atoms. The van der Waals surface area contributed by atoms with Crippen LogP contribution in [0.15, 0.2) is 30.3 Å². The number of piperidine rings is 1. The Morgan fingerprint density at radius 1 is 1.25 bits per heavy atom. The molecule has 1 amide bonds. The number of nitrogens with one attached hydrogen (secondary N) is 2. The Kier molecular flexibility index (Phi) is 4.06. The Morgan fingerprint density at radius 2 is 2.00 bits per heavy atom. The smallest absolute Gasteiger partial charge is 0.223 e. The second-order valence-electron chi connectivity index (χ2n) is 6.25. The molecule has 2 fully saturated rings. The fourth-order valence-corrected chi connectivity index (χ4v) is 3.47. The molecular weight excluding hydrogens is 248 g/mol. The standard InChI is InChI=1S/C17H24N2O/c20-16(15-13-17(15)8-11-18-12-9-17)19-10-4-7-14-5-2-1-3-6-14/h1-3,5-6,15,18H,4,7-13H2,(H,19,20). The van der Waals surface area contributed by atoms with Gasteiger partial charge in [-0.2, -0.15) is 0 Å². The second-order valence-corrected chi connectivity index (χ2v) is 6.25. The van der Waals surface area contributed by atoms with Crippen LogP contribution in [-0.4, -0.2) is 25.5 Å². The summed E-state index contributed by atoms with van der Waals surface area (Å²) in [6.45, 7) is 2.97. The lowest BCUT2D eigenvalue weighted by molar-refractivity contribution is -0.123. The lowest BCUT2D eigenvalue weighted by atomic mass is 9.92. The van der Waals surface area contributed by atoms with Gasteiger partial charge in [-0.1, -0.05) is 30.3 Å². The van der Waals surface area contributed by atoms with E-state index in [1.165, 1.54) is 18.4 Å². The summed E-state index contributed by atoms with van der Waals surface area (Å²) < 4.78 is 0. The van der Waals surface area contributed by atoms with Crippen molar-refractivity contribution in [2.45, 2.75) is 32.1 Å². The van der Waals surface area contributed by atoms with Crippen LogP contribution in [0.1, 0.15) is 31.2 Å². The molecule has 3 rings (SSSR count). The molecule has 0 radical (unpaired) electrons. The normalized spacial score (nSPS) is 23.5. The monoisotopic (exact) mass is 272 g/mol. The highest BCUT2D eigenvalue weighted by Crippen LogP contribution is 2.58. The fourth-order valence-electron chi connectivity index (χ4n) is 3.47. The maximum atomic E-state index is 12.2. The van der Waals surface area contributed by atoms with Gasteiger partial charge in [-0.15, -0.1) is 0 Å². The number of rotatable bonds is 5. The van der Waals surface area contributed by atoms with Crippen molar-refractivity contribution in [3.63, 3.8) is 0 Å². The molecule has 0 bridgehead atoms. The minimum Gasteiger partial charge on any atom is -0.356 e. The summed E-state index contributed by atoms with van der Waals surface area (Å²) in [5.41, 5.74) is 1.71. The Morgan fingerprint density at radius 3 is 2.75 bits per heavy atom. The molecule has 20 heavy (non-hydrogen) atoms. The lowest BCUT2D eigenvalue weighted by Gasteiger charge is -2.23. The average Bonchev–Trinajstić information content (AvgIpc) is 3.19. The summed E-state index contributed by atoms with van der Waals surface area (Å²) in [7, 11) is 0. The third-order valence-electron chi connectivity index (χ3n) is 4.89. The maximum absolute atomic E-state index is 12.2. The highest BCUT2D eigenvalue weighted by Gasteiger charge is 2.57. The van der Waals surface area contributed by atoms with Crippen LogP contribution in [0.2, 0.25) is 0 Å². The molecule has 1 aromatic carbocycles. The number of hydrogen-bond acceptors (Lipinski definition) is 2. The summed E-state index contributed by atoms with van der Waals surface area (Å²) in [6.07, 6.45) is 5.53. The highest BCUT2D eigenvalue weighted by atomic mass is 16.2. The van der Waals surface area contributed by atoms with Crippen molar-refractivity contribution in [2.75, 3.05) is 19.6 Å².